The summed E-state index contributed by atoms with van der Waals surface area (Å²) in [4.78, 5) is 11.1. The molecule has 1 aromatic rings. The van der Waals surface area contributed by atoms with Crippen LogP contribution in [0.1, 0.15) is 42.5 Å². The molecule has 5 rings (SSSR count). The Hall–Kier alpha value is -1.40. The molecule has 6 heteroatoms. The van der Waals surface area contributed by atoms with Crippen molar-refractivity contribution in [3.05, 3.63) is 29.8 Å². The van der Waals surface area contributed by atoms with Gasteiger partial charge in [0.1, 0.15) is 4.90 Å². The molecule has 4 fully saturated rings. The Kier molecular flexibility index (Phi) is 3.50. The molecule has 124 valence electrons. The highest BCUT2D eigenvalue weighted by Gasteiger charge is 2.50. The third-order valence-corrected chi connectivity index (χ3v) is 7.14. The fourth-order valence-corrected chi connectivity index (χ4v) is 6.47. The van der Waals surface area contributed by atoms with Crippen molar-refractivity contribution in [1.29, 1.82) is 0 Å². The molecule has 0 heterocycles. The monoisotopic (exact) mass is 336 g/mol. The van der Waals surface area contributed by atoms with Crippen molar-refractivity contribution >= 4 is 16.1 Å². The van der Waals surface area contributed by atoms with E-state index in [0.717, 1.165) is 37.5 Å². The topological polar surface area (TPSA) is 80.7 Å². The Labute approximate surface area is 135 Å². The molecule has 4 aliphatic carbocycles. The lowest BCUT2D eigenvalue weighted by atomic mass is 9.55. The van der Waals surface area contributed by atoms with Gasteiger partial charge in [0.2, 0.25) is 0 Å². The average molecular weight is 336 g/mol. The van der Waals surface area contributed by atoms with E-state index in [-0.39, 0.29) is 16.6 Å². The van der Waals surface area contributed by atoms with Gasteiger partial charge >= 0.3 is 5.97 Å². The van der Waals surface area contributed by atoms with Gasteiger partial charge in [-0.25, -0.2) is 4.79 Å². The maximum absolute atomic E-state index is 12.7. The van der Waals surface area contributed by atoms with Crippen LogP contribution in [0, 0.1) is 23.7 Å². The van der Waals surface area contributed by atoms with E-state index in [1.807, 2.05) is 0 Å². The number of rotatable bonds is 4. The second-order valence-corrected chi connectivity index (χ2v) is 8.79. The molecule has 0 aromatic heterocycles. The first-order valence-corrected chi connectivity index (χ1v) is 9.60. The molecule has 5 nitrogen and oxygen atoms in total. The smallest absolute Gasteiger partial charge is 0.337 e. The van der Waals surface area contributed by atoms with Crippen molar-refractivity contribution < 1.29 is 22.5 Å². The Morgan fingerprint density at radius 1 is 1.00 bits per heavy atom. The summed E-state index contributed by atoms with van der Waals surface area (Å²) >= 11 is 0. The van der Waals surface area contributed by atoms with Crippen LogP contribution in [0.3, 0.4) is 0 Å². The molecular formula is C17H20O5S. The summed E-state index contributed by atoms with van der Waals surface area (Å²) in [6.07, 6.45) is 5.20. The Morgan fingerprint density at radius 2 is 1.57 bits per heavy atom. The summed E-state index contributed by atoms with van der Waals surface area (Å²) in [5.74, 6) is 0.812. The summed E-state index contributed by atoms with van der Waals surface area (Å²) in [6, 6.07) is 5.66. The van der Waals surface area contributed by atoms with Gasteiger partial charge in [0, 0.05) is 0 Å². The fraction of sp³-hybridized carbons (Fsp3) is 0.588. The Morgan fingerprint density at radius 3 is 2.13 bits per heavy atom. The first-order chi connectivity index (χ1) is 10.9. The van der Waals surface area contributed by atoms with Gasteiger partial charge in [-0.2, -0.15) is 8.42 Å². The largest absolute Gasteiger partial charge is 0.478 e. The molecule has 0 unspecified atom stereocenters. The van der Waals surface area contributed by atoms with Crippen LogP contribution < -0.4 is 0 Å². The zero-order valence-corrected chi connectivity index (χ0v) is 13.5. The molecule has 0 radical (unpaired) electrons. The molecule has 4 saturated carbocycles. The number of hydrogen-bond donors (Lipinski definition) is 1. The van der Waals surface area contributed by atoms with E-state index in [1.165, 1.54) is 30.7 Å². The van der Waals surface area contributed by atoms with Crippen LogP contribution in [-0.4, -0.2) is 25.6 Å². The minimum atomic E-state index is -4.06. The lowest BCUT2D eigenvalue weighted by molar-refractivity contribution is -0.0764. The summed E-state index contributed by atoms with van der Waals surface area (Å²) in [6.45, 7) is 0. The molecule has 0 saturated heterocycles. The van der Waals surface area contributed by atoms with E-state index in [4.69, 9.17) is 4.18 Å². The molecule has 4 aliphatic rings. The quantitative estimate of drug-likeness (QED) is 0.855. The van der Waals surface area contributed by atoms with Gasteiger partial charge in [-0.1, -0.05) is 12.1 Å². The third kappa shape index (κ3) is 2.58. The van der Waals surface area contributed by atoms with Crippen molar-refractivity contribution in [3.8, 4) is 0 Å². The number of carboxylic acids is 1. The molecule has 4 bridgehead atoms. The first-order valence-electron chi connectivity index (χ1n) is 8.19. The van der Waals surface area contributed by atoms with E-state index >= 15 is 0 Å². The lowest BCUT2D eigenvalue weighted by Gasteiger charge is -2.53. The van der Waals surface area contributed by atoms with Crippen LogP contribution in [0.25, 0.3) is 0 Å². The number of aromatic carboxylic acids is 1. The molecule has 0 spiro atoms. The van der Waals surface area contributed by atoms with Gasteiger partial charge in [-0.3, -0.25) is 4.18 Å². The third-order valence-electron chi connectivity index (χ3n) is 5.76. The van der Waals surface area contributed by atoms with Crippen LogP contribution in [0.4, 0.5) is 0 Å². The predicted octanol–water partition coefficient (Wildman–Crippen LogP) is 2.91. The first kappa shape index (κ1) is 15.1. The summed E-state index contributed by atoms with van der Waals surface area (Å²) < 4.78 is 30.9. The maximum atomic E-state index is 12.7. The zero-order valence-electron chi connectivity index (χ0n) is 12.7. The van der Waals surface area contributed by atoms with Crippen LogP contribution >= 0.6 is 0 Å². The van der Waals surface area contributed by atoms with Crippen molar-refractivity contribution in [3.63, 3.8) is 0 Å². The second kappa shape index (κ2) is 5.31. The highest BCUT2D eigenvalue weighted by molar-refractivity contribution is 7.86. The van der Waals surface area contributed by atoms with Crippen LogP contribution in [0.5, 0.6) is 0 Å². The number of hydrogen-bond acceptors (Lipinski definition) is 4. The van der Waals surface area contributed by atoms with Gasteiger partial charge in [-0.05, 0) is 67.9 Å². The summed E-state index contributed by atoms with van der Waals surface area (Å²) in [7, 11) is -4.06. The van der Waals surface area contributed by atoms with E-state index in [2.05, 4.69) is 0 Å². The van der Waals surface area contributed by atoms with Gasteiger partial charge < -0.3 is 5.11 Å². The normalized spacial score (nSPS) is 35.4. The van der Waals surface area contributed by atoms with Gasteiger partial charge in [-0.15, -0.1) is 0 Å². The minimum absolute atomic E-state index is 0.226. The number of carbonyl (C=O) groups is 1. The minimum Gasteiger partial charge on any atom is -0.478 e. The molecule has 1 N–H and O–H groups in total. The Bertz CT molecular complexity index is 711. The van der Waals surface area contributed by atoms with Crippen molar-refractivity contribution in [2.24, 2.45) is 23.7 Å². The zero-order chi connectivity index (χ0) is 16.2. The molecule has 23 heavy (non-hydrogen) atoms. The molecule has 0 atom stereocenters. The lowest BCUT2D eigenvalue weighted by Crippen LogP contribution is -2.50. The van der Waals surface area contributed by atoms with Crippen molar-refractivity contribution in [1.82, 2.24) is 0 Å². The van der Waals surface area contributed by atoms with Gasteiger partial charge in [0.25, 0.3) is 10.1 Å². The molecule has 1 aromatic carbocycles. The predicted molar refractivity (Wildman–Crippen MR) is 82.5 cm³/mol. The van der Waals surface area contributed by atoms with Crippen molar-refractivity contribution in [2.45, 2.75) is 43.1 Å². The van der Waals surface area contributed by atoms with E-state index in [9.17, 15) is 18.3 Å². The molecule has 0 aliphatic heterocycles. The SMILES string of the molecule is O=C(O)c1ccccc1S(=O)(=O)OC1C2CC3CC(C2)CC1C3. The second-order valence-electron chi connectivity index (χ2n) is 7.25. The highest BCUT2D eigenvalue weighted by atomic mass is 32.2. The van der Waals surface area contributed by atoms with Crippen LogP contribution in [0.15, 0.2) is 29.2 Å². The van der Waals surface area contributed by atoms with E-state index < -0.39 is 16.1 Å². The van der Waals surface area contributed by atoms with Crippen molar-refractivity contribution in [2.75, 3.05) is 0 Å². The highest BCUT2D eigenvalue weighted by Crippen LogP contribution is 2.55. The molecular weight excluding hydrogens is 316 g/mol. The van der Waals surface area contributed by atoms with E-state index in [1.54, 1.807) is 0 Å². The summed E-state index contributed by atoms with van der Waals surface area (Å²) in [5, 5.41) is 9.22. The fourth-order valence-electron chi connectivity index (χ4n) is 5.09. The van der Waals surface area contributed by atoms with Gasteiger partial charge in [0.05, 0.1) is 11.7 Å². The number of benzene rings is 1. The molecule has 0 amide bonds. The number of carboxylic acid groups (broad SMARTS) is 1. The van der Waals surface area contributed by atoms with E-state index in [0.29, 0.717) is 11.8 Å². The maximum Gasteiger partial charge on any atom is 0.337 e. The standard InChI is InChI=1S/C17H20O5S/c18-17(19)14-3-1-2-4-15(14)23(20,21)22-16-12-6-10-5-11(8-12)9-13(16)7-10/h1-4,10-13,16H,5-9H2,(H,18,19). The average Bonchev–Trinajstić information content (AvgIpc) is 2.50. The van der Waals surface area contributed by atoms with Crippen LogP contribution in [0.2, 0.25) is 0 Å². The van der Waals surface area contributed by atoms with Crippen LogP contribution in [-0.2, 0) is 14.3 Å². The summed E-state index contributed by atoms with van der Waals surface area (Å²) in [5.41, 5.74) is -0.226. The Balaban J connectivity index is 1.62. The van der Waals surface area contributed by atoms with Gasteiger partial charge in [0.15, 0.2) is 0 Å².